The SMILES string of the molecule is O=S(=O)(CCSc1sc(Cl)nc1CCl)c1ccccc1. The number of halogens is 2. The molecule has 0 fully saturated rings. The van der Waals surface area contributed by atoms with Crippen molar-refractivity contribution in [2.45, 2.75) is 15.0 Å². The minimum atomic E-state index is -3.25. The van der Waals surface area contributed by atoms with Crippen LogP contribution < -0.4 is 0 Å². The minimum absolute atomic E-state index is 0.0684. The quantitative estimate of drug-likeness (QED) is 0.569. The summed E-state index contributed by atoms with van der Waals surface area (Å²) in [5.41, 5.74) is 0.712. The van der Waals surface area contributed by atoms with Gasteiger partial charge in [-0.25, -0.2) is 13.4 Å². The van der Waals surface area contributed by atoms with Gasteiger partial charge < -0.3 is 0 Å². The molecule has 0 saturated carbocycles. The van der Waals surface area contributed by atoms with E-state index in [9.17, 15) is 8.42 Å². The second-order valence-electron chi connectivity index (χ2n) is 3.81. The summed E-state index contributed by atoms with van der Waals surface area (Å²) in [4.78, 5) is 4.43. The Morgan fingerprint density at radius 1 is 1.25 bits per heavy atom. The highest BCUT2D eigenvalue weighted by atomic mass is 35.5. The summed E-state index contributed by atoms with van der Waals surface area (Å²) in [6, 6.07) is 8.44. The van der Waals surface area contributed by atoms with E-state index >= 15 is 0 Å². The fraction of sp³-hybridized carbons (Fsp3) is 0.250. The zero-order valence-electron chi connectivity index (χ0n) is 10.3. The lowest BCUT2D eigenvalue weighted by Crippen LogP contribution is -2.08. The zero-order chi connectivity index (χ0) is 14.6. The van der Waals surface area contributed by atoms with Gasteiger partial charge in [-0.3, -0.25) is 0 Å². The molecule has 0 N–H and O–H groups in total. The molecule has 1 heterocycles. The van der Waals surface area contributed by atoms with Crippen LogP contribution >= 0.6 is 46.3 Å². The minimum Gasteiger partial charge on any atom is -0.228 e. The summed E-state index contributed by atoms with van der Waals surface area (Å²) < 4.78 is 25.5. The van der Waals surface area contributed by atoms with Gasteiger partial charge in [-0.15, -0.1) is 23.4 Å². The first-order valence-corrected chi connectivity index (χ1v) is 10.0. The normalized spacial score (nSPS) is 11.7. The van der Waals surface area contributed by atoms with Crippen molar-refractivity contribution in [3.63, 3.8) is 0 Å². The Morgan fingerprint density at radius 2 is 1.95 bits per heavy atom. The lowest BCUT2D eigenvalue weighted by Gasteiger charge is -2.03. The zero-order valence-corrected chi connectivity index (χ0v) is 14.2. The number of thiazole rings is 1. The maximum Gasteiger partial charge on any atom is 0.184 e. The summed E-state index contributed by atoms with van der Waals surface area (Å²) in [7, 11) is -3.25. The molecule has 0 aliphatic carbocycles. The van der Waals surface area contributed by atoms with Crippen LogP contribution in [-0.4, -0.2) is 24.9 Å². The standard InChI is InChI=1S/C12H11Cl2NO2S3/c13-8-10-11(19-12(14)15-10)18-6-7-20(16,17)9-4-2-1-3-5-9/h1-5H,6-8H2. The van der Waals surface area contributed by atoms with Gasteiger partial charge in [-0.2, -0.15) is 0 Å². The van der Waals surface area contributed by atoms with Crippen molar-refractivity contribution in [2.24, 2.45) is 0 Å². The molecule has 1 aromatic carbocycles. The monoisotopic (exact) mass is 367 g/mol. The van der Waals surface area contributed by atoms with Gasteiger partial charge in [0.1, 0.15) is 0 Å². The Hall–Kier alpha value is -0.270. The first kappa shape index (κ1) is 16.1. The molecule has 0 saturated heterocycles. The summed E-state index contributed by atoms with van der Waals surface area (Å²) in [5.74, 6) is 0.787. The van der Waals surface area contributed by atoms with Crippen LogP contribution in [0.25, 0.3) is 0 Å². The smallest absolute Gasteiger partial charge is 0.184 e. The molecule has 20 heavy (non-hydrogen) atoms. The van der Waals surface area contributed by atoms with Crippen molar-refractivity contribution in [3.05, 3.63) is 40.5 Å². The number of hydrogen-bond acceptors (Lipinski definition) is 5. The third-order valence-corrected chi connectivity index (χ3v) is 7.20. The fourth-order valence-electron chi connectivity index (χ4n) is 1.50. The van der Waals surface area contributed by atoms with Gasteiger partial charge in [0.15, 0.2) is 14.3 Å². The number of rotatable bonds is 6. The Kier molecular flexibility index (Phi) is 5.74. The van der Waals surface area contributed by atoms with E-state index in [0.717, 1.165) is 4.21 Å². The van der Waals surface area contributed by atoms with Gasteiger partial charge in [0, 0.05) is 5.75 Å². The van der Waals surface area contributed by atoms with Crippen molar-refractivity contribution in [1.82, 2.24) is 4.98 Å². The van der Waals surface area contributed by atoms with Crippen LogP contribution in [0.4, 0.5) is 0 Å². The molecule has 0 aliphatic heterocycles. The Bertz CT molecular complexity index is 671. The van der Waals surface area contributed by atoms with Crippen LogP contribution in [0.1, 0.15) is 5.69 Å². The Labute approximate surface area is 136 Å². The molecular formula is C12H11Cl2NO2S3. The largest absolute Gasteiger partial charge is 0.228 e. The van der Waals surface area contributed by atoms with Crippen molar-refractivity contribution < 1.29 is 8.42 Å². The van der Waals surface area contributed by atoms with Crippen LogP contribution in [0, 0.1) is 0 Å². The predicted octanol–water partition coefficient (Wildman–Crippen LogP) is 4.10. The molecule has 0 amide bonds. The first-order chi connectivity index (χ1) is 9.53. The molecule has 0 atom stereocenters. The van der Waals surface area contributed by atoms with Crippen molar-refractivity contribution in [3.8, 4) is 0 Å². The molecule has 2 rings (SSSR count). The van der Waals surface area contributed by atoms with Crippen LogP contribution in [0.3, 0.4) is 0 Å². The van der Waals surface area contributed by atoms with E-state index in [0.29, 0.717) is 20.8 Å². The van der Waals surface area contributed by atoms with Crippen LogP contribution in [-0.2, 0) is 15.7 Å². The predicted molar refractivity (Wildman–Crippen MR) is 85.9 cm³/mol. The van der Waals surface area contributed by atoms with E-state index in [-0.39, 0.29) is 11.6 Å². The van der Waals surface area contributed by atoms with Gasteiger partial charge in [-0.1, -0.05) is 41.1 Å². The number of thioether (sulfide) groups is 1. The lowest BCUT2D eigenvalue weighted by molar-refractivity contribution is 0.597. The van der Waals surface area contributed by atoms with Crippen LogP contribution in [0.2, 0.25) is 4.47 Å². The maximum absolute atomic E-state index is 12.1. The molecule has 108 valence electrons. The third-order valence-electron chi connectivity index (χ3n) is 2.45. The molecule has 0 bridgehead atoms. The summed E-state index contributed by atoms with van der Waals surface area (Å²) in [5, 5.41) is 0. The molecule has 0 radical (unpaired) electrons. The second-order valence-corrected chi connectivity index (χ2v) is 9.14. The third kappa shape index (κ3) is 4.11. The number of hydrogen-bond donors (Lipinski definition) is 0. The van der Waals surface area contributed by atoms with Gasteiger partial charge in [-0.05, 0) is 12.1 Å². The second kappa shape index (κ2) is 7.13. The Morgan fingerprint density at radius 3 is 2.60 bits per heavy atom. The fourth-order valence-corrected chi connectivity index (χ4v) is 6.07. The number of alkyl halides is 1. The van der Waals surface area contributed by atoms with Gasteiger partial charge >= 0.3 is 0 Å². The van der Waals surface area contributed by atoms with Crippen molar-refractivity contribution in [2.75, 3.05) is 11.5 Å². The van der Waals surface area contributed by atoms with Gasteiger partial charge in [0.2, 0.25) is 0 Å². The molecular weight excluding hydrogens is 357 g/mol. The molecule has 0 unspecified atom stereocenters. The van der Waals surface area contributed by atoms with E-state index in [1.54, 1.807) is 30.3 Å². The molecule has 3 nitrogen and oxygen atoms in total. The number of sulfone groups is 1. The van der Waals surface area contributed by atoms with E-state index in [2.05, 4.69) is 4.98 Å². The maximum atomic E-state index is 12.1. The molecule has 0 aliphatic rings. The molecule has 8 heteroatoms. The highest BCUT2D eigenvalue weighted by molar-refractivity contribution is 8.02. The highest BCUT2D eigenvalue weighted by Crippen LogP contribution is 2.33. The number of nitrogens with zero attached hydrogens (tertiary/aromatic N) is 1. The topological polar surface area (TPSA) is 47.0 Å². The molecule has 0 spiro atoms. The van der Waals surface area contributed by atoms with Crippen LogP contribution in [0.15, 0.2) is 39.4 Å². The van der Waals surface area contributed by atoms with E-state index in [1.807, 2.05) is 0 Å². The summed E-state index contributed by atoms with van der Waals surface area (Å²) >= 11 is 14.3. The summed E-state index contributed by atoms with van der Waals surface area (Å²) in [6.45, 7) is 0. The van der Waals surface area contributed by atoms with Crippen LogP contribution in [0.5, 0.6) is 0 Å². The molecule has 1 aromatic heterocycles. The highest BCUT2D eigenvalue weighted by Gasteiger charge is 2.15. The summed E-state index contributed by atoms with van der Waals surface area (Å²) in [6.07, 6.45) is 0. The van der Waals surface area contributed by atoms with Crippen molar-refractivity contribution in [1.29, 1.82) is 0 Å². The number of aromatic nitrogens is 1. The van der Waals surface area contributed by atoms with Crippen molar-refractivity contribution >= 4 is 56.1 Å². The number of benzene rings is 1. The van der Waals surface area contributed by atoms with Gasteiger partial charge in [0.25, 0.3) is 0 Å². The average Bonchev–Trinajstić information content (AvgIpc) is 2.80. The average molecular weight is 368 g/mol. The first-order valence-electron chi connectivity index (χ1n) is 5.64. The van der Waals surface area contributed by atoms with E-state index in [1.165, 1.54) is 23.1 Å². The van der Waals surface area contributed by atoms with E-state index < -0.39 is 9.84 Å². The van der Waals surface area contributed by atoms with E-state index in [4.69, 9.17) is 23.2 Å². The Balaban J connectivity index is 1.99. The van der Waals surface area contributed by atoms with Gasteiger partial charge in [0.05, 0.1) is 26.4 Å². The molecule has 2 aromatic rings. The lowest BCUT2D eigenvalue weighted by atomic mass is 10.4.